The predicted molar refractivity (Wildman–Crippen MR) is 145 cm³/mol. The van der Waals surface area contributed by atoms with E-state index >= 15 is 0 Å². The highest BCUT2D eigenvalue weighted by atomic mass is 16.5. The average Bonchev–Trinajstić information content (AvgIpc) is 3.51. The van der Waals surface area contributed by atoms with Crippen LogP contribution in [0.1, 0.15) is 37.5 Å². The number of nitrogen functional groups attached to an aromatic ring is 1. The Morgan fingerprint density at radius 1 is 1.19 bits per heavy atom. The number of carbonyl (C=O) groups is 1. The third kappa shape index (κ3) is 5.21. The number of carbonyl (C=O) groups excluding carboxylic acids is 1. The summed E-state index contributed by atoms with van der Waals surface area (Å²) in [5.41, 5.74) is 14.5. The van der Waals surface area contributed by atoms with Crippen LogP contribution >= 0.6 is 0 Å². The maximum atomic E-state index is 13.9. The van der Waals surface area contributed by atoms with Crippen molar-refractivity contribution in [2.75, 3.05) is 59.6 Å². The van der Waals surface area contributed by atoms with Gasteiger partial charge in [-0.25, -0.2) is 9.97 Å². The summed E-state index contributed by atoms with van der Waals surface area (Å²) in [6.07, 6.45) is 9.30. The van der Waals surface area contributed by atoms with Gasteiger partial charge in [0.2, 0.25) is 0 Å². The van der Waals surface area contributed by atoms with Crippen LogP contribution in [-0.4, -0.2) is 107 Å². The minimum Gasteiger partial charge on any atom is -0.398 e. The van der Waals surface area contributed by atoms with Gasteiger partial charge in [0.1, 0.15) is 30.1 Å². The molecular weight excluding hydrogens is 470 g/mol. The number of aliphatic imine (C=N–C) groups is 1. The van der Waals surface area contributed by atoms with Crippen molar-refractivity contribution < 1.29 is 9.53 Å². The van der Waals surface area contributed by atoms with Crippen molar-refractivity contribution in [3.63, 3.8) is 0 Å². The molecule has 3 aliphatic heterocycles. The van der Waals surface area contributed by atoms with Crippen LogP contribution in [0.2, 0.25) is 0 Å². The normalized spacial score (nSPS) is 24.8. The zero-order valence-electron chi connectivity index (χ0n) is 22.1. The first kappa shape index (κ1) is 25.6. The molecule has 0 radical (unpaired) electrons. The highest BCUT2D eigenvalue weighted by molar-refractivity contribution is 5.99. The molecule has 0 aromatic carbocycles. The van der Waals surface area contributed by atoms with Crippen LogP contribution in [0.4, 0.5) is 5.82 Å². The molecule has 4 N–H and O–H groups in total. The zero-order chi connectivity index (χ0) is 26.1. The van der Waals surface area contributed by atoms with Crippen molar-refractivity contribution in [1.82, 2.24) is 29.2 Å². The minimum atomic E-state index is -0.470. The monoisotopic (exact) mass is 509 g/mol. The highest BCUT2D eigenvalue weighted by Crippen LogP contribution is 2.36. The Hall–Kier alpha value is -3.02. The molecule has 3 saturated heterocycles. The quantitative estimate of drug-likeness (QED) is 0.532. The van der Waals surface area contributed by atoms with E-state index < -0.39 is 6.10 Å². The smallest absolute Gasteiger partial charge is 0.252 e. The molecule has 2 aromatic rings. The fraction of sp³-hybridized carbons (Fsp3) is 0.615. The molecule has 2 unspecified atom stereocenters. The van der Waals surface area contributed by atoms with Gasteiger partial charge in [0, 0.05) is 62.3 Å². The number of amides is 1. The fourth-order valence-corrected chi connectivity index (χ4v) is 5.93. The molecule has 11 nitrogen and oxygen atoms in total. The number of anilines is 1. The van der Waals surface area contributed by atoms with Gasteiger partial charge in [-0.05, 0) is 58.9 Å². The first-order valence-corrected chi connectivity index (χ1v) is 13.2. The number of rotatable bonds is 7. The highest BCUT2D eigenvalue weighted by Gasteiger charge is 2.40. The second kappa shape index (κ2) is 10.8. The summed E-state index contributed by atoms with van der Waals surface area (Å²) in [5, 5.41) is 0.682. The number of fused-ring (bicyclic) bond motifs is 1. The Morgan fingerprint density at radius 3 is 2.65 bits per heavy atom. The predicted octanol–water partition coefficient (Wildman–Crippen LogP) is 1.18. The van der Waals surface area contributed by atoms with Crippen molar-refractivity contribution in [2.24, 2.45) is 16.6 Å². The topological polar surface area (TPSA) is 131 Å². The van der Waals surface area contributed by atoms with Crippen LogP contribution in [0.3, 0.4) is 0 Å². The van der Waals surface area contributed by atoms with Crippen molar-refractivity contribution in [3.8, 4) is 0 Å². The SMILES string of the molecule is CN=C/C=C(\N)c1cn(C2CCC(C(=O)N(CC3CN(C)C3)C3CCN(C)CC3)O2)c2ncnc(N)c12. The number of aromatic nitrogens is 3. The van der Waals surface area contributed by atoms with E-state index in [9.17, 15) is 4.79 Å². The number of nitrogens with zero attached hydrogens (tertiary/aromatic N) is 7. The first-order chi connectivity index (χ1) is 17.9. The Morgan fingerprint density at radius 2 is 1.95 bits per heavy atom. The van der Waals surface area contributed by atoms with E-state index in [-0.39, 0.29) is 18.2 Å². The third-order valence-corrected chi connectivity index (χ3v) is 7.94. The van der Waals surface area contributed by atoms with E-state index in [4.69, 9.17) is 16.2 Å². The number of ether oxygens (including phenoxy) is 1. The van der Waals surface area contributed by atoms with E-state index in [0.29, 0.717) is 41.3 Å². The fourth-order valence-electron chi connectivity index (χ4n) is 5.93. The van der Waals surface area contributed by atoms with E-state index in [0.717, 1.165) is 51.1 Å². The number of likely N-dealkylation sites (tertiary alicyclic amines) is 2. The lowest BCUT2D eigenvalue weighted by Gasteiger charge is -2.44. The lowest BCUT2D eigenvalue weighted by atomic mass is 9.96. The maximum absolute atomic E-state index is 13.9. The Kier molecular flexibility index (Phi) is 7.45. The van der Waals surface area contributed by atoms with Gasteiger partial charge in [0.15, 0.2) is 0 Å². The third-order valence-electron chi connectivity index (χ3n) is 7.94. The van der Waals surface area contributed by atoms with Crippen LogP contribution in [0, 0.1) is 5.92 Å². The number of allylic oxidation sites excluding steroid dienone is 1. The van der Waals surface area contributed by atoms with Gasteiger partial charge in [-0.15, -0.1) is 0 Å². The van der Waals surface area contributed by atoms with Crippen LogP contribution in [0.15, 0.2) is 23.6 Å². The van der Waals surface area contributed by atoms with Crippen LogP contribution in [-0.2, 0) is 9.53 Å². The lowest BCUT2D eigenvalue weighted by molar-refractivity contribution is -0.150. The zero-order valence-corrected chi connectivity index (χ0v) is 22.1. The molecule has 37 heavy (non-hydrogen) atoms. The first-order valence-electron chi connectivity index (χ1n) is 13.2. The van der Waals surface area contributed by atoms with Crippen molar-refractivity contribution in [1.29, 1.82) is 0 Å². The van der Waals surface area contributed by atoms with Crippen molar-refractivity contribution in [2.45, 2.75) is 44.1 Å². The largest absolute Gasteiger partial charge is 0.398 e. The molecule has 200 valence electrons. The molecule has 5 heterocycles. The van der Waals surface area contributed by atoms with E-state index in [2.05, 4.69) is 43.8 Å². The van der Waals surface area contributed by atoms with Crippen LogP contribution < -0.4 is 11.5 Å². The van der Waals surface area contributed by atoms with Crippen LogP contribution in [0.25, 0.3) is 16.7 Å². The summed E-state index contributed by atoms with van der Waals surface area (Å²) in [6, 6.07) is 0.272. The van der Waals surface area contributed by atoms with Gasteiger partial charge in [-0.1, -0.05) is 0 Å². The number of nitrogens with two attached hydrogens (primary N) is 2. The summed E-state index contributed by atoms with van der Waals surface area (Å²) < 4.78 is 8.39. The number of piperidine rings is 1. The summed E-state index contributed by atoms with van der Waals surface area (Å²) >= 11 is 0. The molecule has 0 bridgehead atoms. The molecule has 11 heteroatoms. The molecule has 3 fully saturated rings. The Balaban J connectivity index is 1.37. The van der Waals surface area contributed by atoms with Gasteiger partial charge in [0.25, 0.3) is 5.91 Å². The molecule has 0 aliphatic carbocycles. The average molecular weight is 510 g/mol. The Bertz CT molecular complexity index is 1180. The summed E-state index contributed by atoms with van der Waals surface area (Å²) in [5.74, 6) is 1.01. The minimum absolute atomic E-state index is 0.121. The number of hydrogen-bond acceptors (Lipinski definition) is 9. The molecule has 1 amide bonds. The van der Waals surface area contributed by atoms with Gasteiger partial charge < -0.3 is 35.5 Å². The molecular formula is C26H39N9O2. The van der Waals surface area contributed by atoms with Crippen molar-refractivity contribution >= 4 is 34.7 Å². The van der Waals surface area contributed by atoms with E-state index in [1.165, 1.54) is 6.33 Å². The Labute approximate surface area is 218 Å². The molecule has 0 saturated carbocycles. The summed E-state index contributed by atoms with van der Waals surface area (Å²) in [4.78, 5) is 33.3. The lowest BCUT2D eigenvalue weighted by Crippen LogP contribution is -2.56. The van der Waals surface area contributed by atoms with Gasteiger partial charge in [-0.3, -0.25) is 9.79 Å². The van der Waals surface area contributed by atoms with E-state index in [1.54, 1.807) is 19.3 Å². The molecule has 2 atom stereocenters. The second-order valence-electron chi connectivity index (χ2n) is 10.7. The molecule has 3 aliphatic rings. The maximum Gasteiger partial charge on any atom is 0.252 e. The molecule has 0 spiro atoms. The summed E-state index contributed by atoms with van der Waals surface area (Å²) in [6.45, 7) is 4.93. The second-order valence-corrected chi connectivity index (χ2v) is 10.7. The van der Waals surface area contributed by atoms with Gasteiger partial charge in [-0.2, -0.15) is 0 Å². The molecule has 5 rings (SSSR count). The summed E-state index contributed by atoms with van der Waals surface area (Å²) in [7, 11) is 5.97. The van der Waals surface area contributed by atoms with Crippen LogP contribution in [0.5, 0.6) is 0 Å². The van der Waals surface area contributed by atoms with E-state index in [1.807, 2.05) is 10.8 Å². The standard InChI is InChI=1S/C26H39N9O2/c1-29-9-6-20(27)19-15-35(25-23(19)24(28)30-16-31-25)22-5-4-21(37-22)26(36)34(14-17-12-33(3)13-17)18-7-10-32(2)11-8-18/h6,9,15-18,21-22H,4-5,7-8,10-14,27H2,1-3H3,(H2,28,30,31)/b20-6-,29-9?. The van der Waals surface area contributed by atoms with Gasteiger partial charge >= 0.3 is 0 Å². The van der Waals surface area contributed by atoms with Crippen molar-refractivity contribution in [3.05, 3.63) is 24.2 Å². The molecule has 2 aromatic heterocycles. The number of hydrogen-bond donors (Lipinski definition) is 2. The van der Waals surface area contributed by atoms with Gasteiger partial charge in [0.05, 0.1) is 5.39 Å².